The van der Waals surface area contributed by atoms with Crippen molar-refractivity contribution in [2.24, 2.45) is 0 Å². The molecule has 1 saturated heterocycles. The monoisotopic (exact) mass is 337 g/mol. The van der Waals surface area contributed by atoms with Crippen LogP contribution in [0.4, 0.5) is 0 Å². The van der Waals surface area contributed by atoms with Crippen LogP contribution in [0.2, 0.25) is 0 Å². The van der Waals surface area contributed by atoms with Crippen molar-refractivity contribution in [3.63, 3.8) is 0 Å². The third-order valence-electron chi connectivity index (χ3n) is 4.26. The highest BCUT2D eigenvalue weighted by Crippen LogP contribution is 2.30. The summed E-state index contributed by atoms with van der Waals surface area (Å²) in [4.78, 5) is 14.8. The molecule has 3 nitrogen and oxygen atoms in total. The summed E-state index contributed by atoms with van der Waals surface area (Å²) in [6.07, 6.45) is 5.02. The molecule has 0 bridgehead atoms. The summed E-state index contributed by atoms with van der Waals surface area (Å²) in [5, 5.41) is 0.860. The third-order valence-corrected chi connectivity index (χ3v) is 5.01. The molecule has 2 aliphatic rings. The molecule has 2 unspecified atom stereocenters. The molecule has 0 radical (unpaired) electrons. The van der Waals surface area contributed by atoms with Crippen LogP contribution in [-0.2, 0) is 11.2 Å². The van der Waals surface area contributed by atoms with Gasteiger partial charge in [-0.15, -0.1) is 0 Å². The van der Waals surface area contributed by atoms with Crippen LogP contribution in [-0.4, -0.2) is 34.8 Å². The number of ether oxygens (including phenoxy) is 1. The topological polar surface area (TPSA) is 29.5 Å². The normalized spacial score (nSPS) is 25.8. The number of halogens is 1. The number of nitrogens with zero attached hydrogens (tertiary/aromatic N) is 1. The van der Waals surface area contributed by atoms with Gasteiger partial charge >= 0.3 is 0 Å². The second-order valence-corrected chi connectivity index (χ2v) is 6.25. The van der Waals surface area contributed by atoms with Crippen LogP contribution in [0.1, 0.15) is 31.2 Å². The van der Waals surface area contributed by atoms with Crippen LogP contribution in [0.15, 0.2) is 24.3 Å². The van der Waals surface area contributed by atoms with E-state index in [-0.39, 0.29) is 12.0 Å². The number of carbonyl (C=O) groups excluding carboxylic acids is 1. The summed E-state index contributed by atoms with van der Waals surface area (Å²) in [5.41, 5.74) is 1.15. The molecule has 108 valence electrons. The van der Waals surface area contributed by atoms with E-state index in [4.69, 9.17) is 4.74 Å². The highest BCUT2D eigenvalue weighted by atomic mass is 79.9. The lowest BCUT2D eigenvalue weighted by molar-refractivity contribution is -0.139. The van der Waals surface area contributed by atoms with E-state index >= 15 is 0 Å². The molecule has 3 rings (SSSR count). The minimum absolute atomic E-state index is 0.160. The average molecular weight is 338 g/mol. The molecule has 1 amide bonds. The molecule has 2 aliphatic heterocycles. The van der Waals surface area contributed by atoms with Crippen LogP contribution in [0, 0.1) is 0 Å². The first-order chi connectivity index (χ1) is 9.79. The lowest BCUT2D eigenvalue weighted by Crippen LogP contribution is -2.47. The summed E-state index contributed by atoms with van der Waals surface area (Å²) < 4.78 is 5.85. The standard InChI is InChI=1S/C16H20BrNO2/c17-11-13-7-2-1-5-9-18(13)16(19)15-10-12-6-3-4-8-14(12)20-15/h3-4,6,8,13,15H,1-2,5,7,9-11H2. The Labute approximate surface area is 128 Å². The molecule has 1 aromatic rings. The maximum Gasteiger partial charge on any atom is 0.264 e. The smallest absolute Gasteiger partial charge is 0.264 e. The van der Waals surface area contributed by atoms with Gasteiger partial charge in [-0.2, -0.15) is 0 Å². The number of alkyl halides is 1. The molecular formula is C16H20BrNO2. The fraction of sp³-hybridized carbons (Fsp3) is 0.562. The van der Waals surface area contributed by atoms with Crippen LogP contribution < -0.4 is 4.74 Å². The van der Waals surface area contributed by atoms with E-state index in [1.165, 1.54) is 12.8 Å². The van der Waals surface area contributed by atoms with E-state index in [2.05, 4.69) is 15.9 Å². The summed E-state index contributed by atoms with van der Waals surface area (Å²) in [7, 11) is 0. The summed E-state index contributed by atoms with van der Waals surface area (Å²) in [6, 6.07) is 8.28. The Balaban J connectivity index is 1.73. The lowest BCUT2D eigenvalue weighted by Gasteiger charge is -2.30. The molecule has 1 aromatic carbocycles. The van der Waals surface area contributed by atoms with Gasteiger partial charge in [-0.1, -0.05) is 47.0 Å². The molecule has 0 spiro atoms. The van der Waals surface area contributed by atoms with E-state index < -0.39 is 0 Å². The lowest BCUT2D eigenvalue weighted by atomic mass is 10.1. The molecule has 0 aliphatic carbocycles. The van der Waals surface area contributed by atoms with E-state index in [0.29, 0.717) is 12.5 Å². The Bertz CT molecular complexity index is 466. The number of hydrogen-bond donors (Lipinski definition) is 0. The zero-order valence-electron chi connectivity index (χ0n) is 11.6. The van der Waals surface area contributed by atoms with Gasteiger partial charge in [-0.25, -0.2) is 0 Å². The van der Waals surface area contributed by atoms with Crippen LogP contribution in [0.3, 0.4) is 0 Å². The van der Waals surface area contributed by atoms with Gasteiger partial charge in [0, 0.05) is 24.3 Å². The highest BCUT2D eigenvalue weighted by Gasteiger charge is 2.35. The van der Waals surface area contributed by atoms with Gasteiger partial charge in [0.25, 0.3) is 5.91 Å². The van der Waals surface area contributed by atoms with Crippen LogP contribution in [0.5, 0.6) is 5.75 Å². The van der Waals surface area contributed by atoms with Crippen molar-refractivity contribution in [3.05, 3.63) is 29.8 Å². The minimum atomic E-state index is -0.327. The van der Waals surface area contributed by atoms with Crippen LogP contribution in [0.25, 0.3) is 0 Å². The second-order valence-electron chi connectivity index (χ2n) is 5.61. The molecular weight excluding hydrogens is 318 g/mol. The Kier molecular flexibility index (Phi) is 4.29. The number of fused-ring (bicyclic) bond motifs is 1. The van der Waals surface area contributed by atoms with Crippen molar-refractivity contribution in [3.8, 4) is 5.75 Å². The summed E-state index contributed by atoms with van der Waals surface area (Å²) in [6.45, 7) is 0.866. The van der Waals surface area contributed by atoms with Gasteiger partial charge in [-0.3, -0.25) is 4.79 Å². The van der Waals surface area contributed by atoms with Gasteiger partial charge in [0.2, 0.25) is 0 Å². The number of carbonyl (C=O) groups is 1. The third kappa shape index (κ3) is 2.71. The van der Waals surface area contributed by atoms with Gasteiger partial charge < -0.3 is 9.64 Å². The molecule has 20 heavy (non-hydrogen) atoms. The number of benzene rings is 1. The predicted molar refractivity (Wildman–Crippen MR) is 82.3 cm³/mol. The van der Waals surface area contributed by atoms with E-state index in [1.807, 2.05) is 29.2 Å². The zero-order valence-corrected chi connectivity index (χ0v) is 13.1. The maximum absolute atomic E-state index is 12.8. The first-order valence-electron chi connectivity index (χ1n) is 7.40. The molecule has 2 heterocycles. The fourth-order valence-electron chi connectivity index (χ4n) is 3.13. The number of para-hydroxylation sites is 1. The largest absolute Gasteiger partial charge is 0.480 e. The Morgan fingerprint density at radius 2 is 2.15 bits per heavy atom. The SMILES string of the molecule is O=C(C1Cc2ccccc2O1)N1CCCCCC1CBr. The number of rotatable bonds is 2. The molecule has 0 N–H and O–H groups in total. The van der Waals surface area contributed by atoms with Crippen molar-refractivity contribution >= 4 is 21.8 Å². The maximum atomic E-state index is 12.8. The van der Waals surface area contributed by atoms with Crippen molar-refractivity contribution in [2.75, 3.05) is 11.9 Å². The van der Waals surface area contributed by atoms with E-state index in [0.717, 1.165) is 36.0 Å². The van der Waals surface area contributed by atoms with Gasteiger partial charge in [0.05, 0.1) is 0 Å². The van der Waals surface area contributed by atoms with E-state index in [9.17, 15) is 4.79 Å². The number of likely N-dealkylation sites (tertiary alicyclic amines) is 1. The van der Waals surface area contributed by atoms with Gasteiger partial charge in [-0.05, 0) is 24.5 Å². The molecule has 0 saturated carbocycles. The minimum Gasteiger partial charge on any atom is -0.480 e. The van der Waals surface area contributed by atoms with E-state index in [1.54, 1.807) is 0 Å². The summed E-state index contributed by atoms with van der Waals surface area (Å²) >= 11 is 3.56. The second kappa shape index (κ2) is 6.17. The zero-order chi connectivity index (χ0) is 13.9. The Morgan fingerprint density at radius 3 is 2.95 bits per heavy atom. The predicted octanol–water partition coefficient (Wildman–Crippen LogP) is 3.16. The molecule has 1 fully saturated rings. The fourth-order valence-corrected chi connectivity index (χ4v) is 3.81. The van der Waals surface area contributed by atoms with Crippen molar-refractivity contribution in [1.29, 1.82) is 0 Å². The molecule has 0 aromatic heterocycles. The van der Waals surface area contributed by atoms with Crippen molar-refractivity contribution < 1.29 is 9.53 Å². The van der Waals surface area contributed by atoms with Gasteiger partial charge in [0.1, 0.15) is 5.75 Å². The Morgan fingerprint density at radius 1 is 1.30 bits per heavy atom. The van der Waals surface area contributed by atoms with Gasteiger partial charge in [0.15, 0.2) is 6.10 Å². The highest BCUT2D eigenvalue weighted by molar-refractivity contribution is 9.09. The Hall–Kier alpha value is -1.03. The number of hydrogen-bond acceptors (Lipinski definition) is 2. The molecule has 4 heteroatoms. The average Bonchev–Trinajstić information content (AvgIpc) is 2.77. The van der Waals surface area contributed by atoms with Crippen LogP contribution >= 0.6 is 15.9 Å². The van der Waals surface area contributed by atoms with Crippen molar-refractivity contribution in [1.82, 2.24) is 4.90 Å². The first kappa shape index (κ1) is 13.9. The molecule has 2 atom stereocenters. The van der Waals surface area contributed by atoms with Crippen molar-refractivity contribution in [2.45, 2.75) is 44.2 Å². The quantitative estimate of drug-likeness (QED) is 0.776. The number of amides is 1. The summed E-state index contributed by atoms with van der Waals surface area (Å²) in [5.74, 6) is 1.03. The first-order valence-corrected chi connectivity index (χ1v) is 8.53.